The zero-order valence-corrected chi connectivity index (χ0v) is 10.4. The van der Waals surface area contributed by atoms with Gasteiger partial charge in [-0.3, -0.25) is 0 Å². The molecule has 4 rings (SSSR count). The van der Waals surface area contributed by atoms with Crippen LogP contribution >= 0.6 is 0 Å². The van der Waals surface area contributed by atoms with E-state index in [1.807, 2.05) is 54.6 Å². The zero-order chi connectivity index (χ0) is 13.5. The average Bonchev–Trinajstić information content (AvgIpc) is 2.89. The summed E-state index contributed by atoms with van der Waals surface area (Å²) in [5.41, 5.74) is 1.96. The van der Waals surface area contributed by atoms with E-state index in [1.54, 1.807) is 0 Å². The number of H-pyrrole nitrogens is 1. The second-order valence-corrected chi connectivity index (χ2v) is 4.52. The van der Waals surface area contributed by atoms with Gasteiger partial charge in [-0.05, 0) is 0 Å². The van der Waals surface area contributed by atoms with Gasteiger partial charge in [0.15, 0.2) is 5.65 Å². The second-order valence-electron chi connectivity index (χ2n) is 4.52. The third-order valence-corrected chi connectivity index (χ3v) is 3.32. The van der Waals surface area contributed by atoms with Gasteiger partial charge in [-0.2, -0.15) is 14.7 Å². The molecule has 0 aliphatic carbocycles. The number of aromatic amines is 1. The van der Waals surface area contributed by atoms with Gasteiger partial charge in [-0.1, -0.05) is 54.6 Å². The van der Waals surface area contributed by atoms with Crippen molar-refractivity contribution in [2.24, 2.45) is 0 Å². The third-order valence-electron chi connectivity index (χ3n) is 3.32. The molecule has 96 valence electrons. The summed E-state index contributed by atoms with van der Waals surface area (Å²) in [6.45, 7) is 0. The van der Waals surface area contributed by atoms with Crippen molar-refractivity contribution in [3.63, 3.8) is 0 Å². The zero-order valence-electron chi connectivity index (χ0n) is 10.4. The predicted octanol–water partition coefficient (Wildman–Crippen LogP) is 2.24. The highest BCUT2D eigenvalue weighted by Crippen LogP contribution is 2.27. The molecule has 4 aromatic rings. The summed E-state index contributed by atoms with van der Waals surface area (Å²) in [4.78, 5) is 11.8. The summed E-state index contributed by atoms with van der Waals surface area (Å²) < 4.78 is 1.31. The van der Waals surface area contributed by atoms with E-state index in [9.17, 15) is 4.79 Å². The maximum absolute atomic E-state index is 11.8. The van der Waals surface area contributed by atoms with Crippen LogP contribution in [0.5, 0.6) is 0 Å². The summed E-state index contributed by atoms with van der Waals surface area (Å²) in [5, 5.41) is 12.8. The molecule has 0 spiro atoms. The van der Waals surface area contributed by atoms with Crippen molar-refractivity contribution in [2.45, 2.75) is 0 Å². The molecule has 0 bridgehead atoms. The summed E-state index contributed by atoms with van der Waals surface area (Å²) in [7, 11) is 0. The van der Waals surface area contributed by atoms with E-state index in [0.29, 0.717) is 5.65 Å². The molecule has 0 saturated heterocycles. The van der Waals surface area contributed by atoms with Crippen molar-refractivity contribution in [2.75, 3.05) is 0 Å². The molecule has 2 aromatic carbocycles. The standard InChI is InChI=1S/C15H10N4O/c20-15-17-16-14-12-9-5-4-8-11(12)13(18-19(14)15)10-6-2-1-3-7-10/h1-9H,(H,17,20). The number of hydrogen-bond acceptors (Lipinski definition) is 3. The SMILES string of the molecule is O=c1[nH]nc2c3ccccc3c(-c3ccccc3)nn12. The quantitative estimate of drug-likeness (QED) is 0.572. The van der Waals surface area contributed by atoms with E-state index < -0.39 is 0 Å². The van der Waals surface area contributed by atoms with Gasteiger partial charge in [0.1, 0.15) is 0 Å². The number of nitrogens with zero attached hydrogens (tertiary/aromatic N) is 3. The Bertz CT molecular complexity index is 969. The topological polar surface area (TPSA) is 63.0 Å². The summed E-state index contributed by atoms with van der Waals surface area (Å²) in [6, 6.07) is 17.6. The summed E-state index contributed by atoms with van der Waals surface area (Å²) in [6.07, 6.45) is 0. The molecule has 1 N–H and O–H groups in total. The van der Waals surface area contributed by atoms with Crippen LogP contribution in [0.1, 0.15) is 0 Å². The summed E-state index contributed by atoms with van der Waals surface area (Å²) in [5.74, 6) is 0. The lowest BCUT2D eigenvalue weighted by atomic mass is 10.1. The van der Waals surface area contributed by atoms with Crippen LogP contribution in [-0.4, -0.2) is 19.8 Å². The van der Waals surface area contributed by atoms with Crippen molar-refractivity contribution < 1.29 is 0 Å². The number of hydrogen-bond donors (Lipinski definition) is 1. The first-order valence-electron chi connectivity index (χ1n) is 6.26. The molecule has 5 heteroatoms. The smallest absolute Gasteiger partial charge is 0.244 e. The van der Waals surface area contributed by atoms with Crippen LogP contribution in [-0.2, 0) is 0 Å². The largest absolute Gasteiger partial charge is 0.364 e. The fourth-order valence-corrected chi connectivity index (χ4v) is 2.41. The van der Waals surface area contributed by atoms with Crippen molar-refractivity contribution in [1.82, 2.24) is 19.8 Å². The fraction of sp³-hybridized carbons (Fsp3) is 0. The van der Waals surface area contributed by atoms with Crippen LogP contribution in [0.3, 0.4) is 0 Å². The molecule has 0 aliphatic rings. The molecule has 0 atom stereocenters. The van der Waals surface area contributed by atoms with Gasteiger partial charge in [0.2, 0.25) is 0 Å². The van der Waals surface area contributed by atoms with Gasteiger partial charge in [0.05, 0.1) is 5.69 Å². The Kier molecular flexibility index (Phi) is 2.20. The van der Waals surface area contributed by atoms with Crippen LogP contribution in [0, 0.1) is 0 Å². The molecule has 2 aromatic heterocycles. The molecule has 0 radical (unpaired) electrons. The lowest BCUT2D eigenvalue weighted by molar-refractivity contribution is 0.891. The molecule has 2 heterocycles. The van der Waals surface area contributed by atoms with Crippen molar-refractivity contribution in [3.8, 4) is 11.3 Å². The highest BCUT2D eigenvalue weighted by Gasteiger charge is 2.12. The molecule has 0 aliphatic heterocycles. The molecule has 0 unspecified atom stereocenters. The highest BCUT2D eigenvalue weighted by atomic mass is 16.2. The Balaban J connectivity index is 2.23. The number of aromatic nitrogens is 4. The number of nitrogens with one attached hydrogen (secondary N) is 1. The average molecular weight is 262 g/mol. The Labute approximate surface area is 113 Å². The molecule has 0 amide bonds. The lowest BCUT2D eigenvalue weighted by Crippen LogP contribution is -2.13. The van der Waals surface area contributed by atoms with Gasteiger partial charge < -0.3 is 0 Å². The van der Waals surface area contributed by atoms with Gasteiger partial charge in [0, 0.05) is 16.3 Å². The Morgan fingerprint density at radius 3 is 2.40 bits per heavy atom. The van der Waals surface area contributed by atoms with Crippen LogP contribution < -0.4 is 5.69 Å². The van der Waals surface area contributed by atoms with Crippen molar-refractivity contribution in [1.29, 1.82) is 0 Å². The van der Waals surface area contributed by atoms with Crippen LogP contribution in [0.15, 0.2) is 59.4 Å². The fourth-order valence-electron chi connectivity index (χ4n) is 2.41. The van der Waals surface area contributed by atoms with Gasteiger partial charge in [-0.15, -0.1) is 0 Å². The molecule has 0 fully saturated rings. The van der Waals surface area contributed by atoms with E-state index in [0.717, 1.165) is 22.0 Å². The van der Waals surface area contributed by atoms with Crippen LogP contribution in [0.2, 0.25) is 0 Å². The van der Waals surface area contributed by atoms with Gasteiger partial charge in [0.25, 0.3) is 0 Å². The van der Waals surface area contributed by atoms with E-state index in [-0.39, 0.29) is 5.69 Å². The second kappa shape index (κ2) is 4.03. The Hall–Kier alpha value is -2.95. The number of rotatable bonds is 1. The van der Waals surface area contributed by atoms with E-state index in [4.69, 9.17) is 0 Å². The molecular formula is C15H10N4O. The Morgan fingerprint density at radius 1 is 0.900 bits per heavy atom. The maximum Gasteiger partial charge on any atom is 0.364 e. The highest BCUT2D eigenvalue weighted by molar-refractivity contribution is 6.01. The monoisotopic (exact) mass is 262 g/mol. The minimum atomic E-state index is -0.331. The Morgan fingerprint density at radius 2 is 1.60 bits per heavy atom. The predicted molar refractivity (Wildman–Crippen MR) is 76.5 cm³/mol. The van der Waals surface area contributed by atoms with Crippen LogP contribution in [0.4, 0.5) is 0 Å². The molecule has 20 heavy (non-hydrogen) atoms. The minimum Gasteiger partial charge on any atom is -0.244 e. The minimum absolute atomic E-state index is 0.331. The van der Waals surface area contributed by atoms with E-state index >= 15 is 0 Å². The lowest BCUT2D eigenvalue weighted by Gasteiger charge is -2.06. The van der Waals surface area contributed by atoms with Crippen molar-refractivity contribution >= 4 is 16.4 Å². The maximum atomic E-state index is 11.8. The number of fused-ring (bicyclic) bond motifs is 3. The number of benzene rings is 2. The first-order valence-corrected chi connectivity index (χ1v) is 6.26. The normalized spacial score (nSPS) is 11.2. The summed E-state index contributed by atoms with van der Waals surface area (Å²) >= 11 is 0. The first-order chi connectivity index (χ1) is 9.84. The third kappa shape index (κ3) is 1.46. The van der Waals surface area contributed by atoms with Crippen molar-refractivity contribution in [3.05, 3.63) is 65.1 Å². The van der Waals surface area contributed by atoms with E-state index in [2.05, 4.69) is 15.3 Å². The molecular weight excluding hydrogens is 252 g/mol. The van der Waals surface area contributed by atoms with Gasteiger partial charge >= 0.3 is 5.69 Å². The van der Waals surface area contributed by atoms with E-state index in [1.165, 1.54) is 4.52 Å². The molecule has 0 saturated carbocycles. The first kappa shape index (κ1) is 10.9. The molecule has 5 nitrogen and oxygen atoms in total. The van der Waals surface area contributed by atoms with Crippen LogP contribution in [0.25, 0.3) is 27.7 Å². The van der Waals surface area contributed by atoms with Gasteiger partial charge in [-0.25, -0.2) is 9.89 Å².